The molecule has 4 heterocycles. The lowest BCUT2D eigenvalue weighted by molar-refractivity contribution is -0.161. The number of nitrogens with one attached hydrogen (secondary N) is 2. The van der Waals surface area contributed by atoms with Crippen LogP contribution in [0.3, 0.4) is 0 Å². The Bertz CT molecular complexity index is 1320. The number of halogens is 4. The summed E-state index contributed by atoms with van der Waals surface area (Å²) in [4.78, 5) is 22.0. The molecule has 0 unspecified atom stereocenters. The zero-order valence-corrected chi connectivity index (χ0v) is 16.8. The molecule has 0 aliphatic heterocycles. The van der Waals surface area contributed by atoms with Gasteiger partial charge in [-0.05, 0) is 18.9 Å². The maximum absolute atomic E-state index is 13.9. The molecule has 1 saturated carbocycles. The highest BCUT2D eigenvalue weighted by Crippen LogP contribution is 2.60. The van der Waals surface area contributed by atoms with Crippen LogP contribution in [0.2, 0.25) is 5.02 Å². The summed E-state index contributed by atoms with van der Waals surface area (Å²) in [6, 6.07) is 2.12. The fraction of sp³-hybridized carbons (Fsp3) is 0.222. The Labute approximate surface area is 182 Å². The number of fused-ring (bicyclic) bond motifs is 1. The molecule has 2 N–H and O–H groups in total. The van der Waals surface area contributed by atoms with E-state index in [1.165, 1.54) is 47.9 Å². The lowest BCUT2D eigenvalue weighted by Crippen LogP contribution is -2.33. The smallest absolute Gasteiger partial charge is 0.306 e. The largest absolute Gasteiger partial charge is 0.400 e. The molecule has 0 atom stereocenters. The number of rotatable bonds is 4. The average molecular weight is 464 g/mol. The minimum absolute atomic E-state index is 0.0926. The van der Waals surface area contributed by atoms with E-state index in [2.05, 4.69) is 35.9 Å². The summed E-state index contributed by atoms with van der Waals surface area (Å²) in [5.74, 6) is 0.249. The van der Waals surface area contributed by atoms with E-state index in [1.54, 1.807) is 0 Å². The number of hydrogen-bond acceptors (Lipinski definition) is 6. The molecule has 2 amide bonds. The molecule has 0 saturated heterocycles. The molecule has 0 aromatic carbocycles. The van der Waals surface area contributed by atoms with Crippen molar-refractivity contribution in [2.24, 2.45) is 0 Å². The predicted octanol–water partition coefficient (Wildman–Crippen LogP) is 3.60. The maximum Gasteiger partial charge on any atom is 0.400 e. The second kappa shape index (κ2) is 7.15. The monoisotopic (exact) mass is 463 g/mol. The number of anilines is 2. The normalized spacial score (nSPS) is 15.0. The molecule has 0 spiro atoms. The maximum atomic E-state index is 13.9. The number of carbonyl (C=O) groups excluding carboxylic acids is 1. The van der Waals surface area contributed by atoms with E-state index in [0.29, 0.717) is 0 Å². The van der Waals surface area contributed by atoms with Gasteiger partial charge in [0.25, 0.3) is 0 Å². The Balaban J connectivity index is 1.43. The first-order valence-electron chi connectivity index (χ1n) is 9.29. The standard InChI is InChI=1S/C18H13ClF3N9O/c19-11-7-10(8-24-15(11)31-26-5-6-27-31)28-16(32)29-12-9-23-13-1-4-25-30(13)14(12)17(2-3-17)18(20,21)22/h1,4-9H,2-3H2,(H2,28,29,32). The molecule has 4 aromatic rings. The summed E-state index contributed by atoms with van der Waals surface area (Å²) < 4.78 is 42.7. The van der Waals surface area contributed by atoms with Gasteiger partial charge < -0.3 is 10.6 Å². The van der Waals surface area contributed by atoms with E-state index in [-0.39, 0.29) is 46.4 Å². The molecule has 10 nitrogen and oxygen atoms in total. The third-order valence-corrected chi connectivity index (χ3v) is 5.38. The van der Waals surface area contributed by atoms with Crippen molar-refractivity contribution in [3.8, 4) is 5.82 Å². The Morgan fingerprint density at radius 2 is 1.81 bits per heavy atom. The fourth-order valence-corrected chi connectivity index (χ4v) is 3.70. The molecule has 1 aliphatic carbocycles. The van der Waals surface area contributed by atoms with Crippen molar-refractivity contribution in [3.05, 3.63) is 53.8 Å². The first kappa shape index (κ1) is 20.2. The van der Waals surface area contributed by atoms with Gasteiger partial charge in [0.1, 0.15) is 5.41 Å². The van der Waals surface area contributed by atoms with E-state index < -0.39 is 17.6 Å². The minimum atomic E-state index is -4.51. The zero-order valence-electron chi connectivity index (χ0n) is 16.0. The summed E-state index contributed by atoms with van der Waals surface area (Å²) in [5, 5.41) is 16.9. The minimum Gasteiger partial charge on any atom is -0.306 e. The van der Waals surface area contributed by atoms with Gasteiger partial charge >= 0.3 is 12.2 Å². The Kier molecular flexibility index (Phi) is 4.51. The number of alkyl halides is 3. The van der Waals surface area contributed by atoms with Gasteiger partial charge in [-0.15, -0.1) is 4.80 Å². The van der Waals surface area contributed by atoms with Crippen molar-refractivity contribution in [2.45, 2.75) is 24.4 Å². The van der Waals surface area contributed by atoms with Gasteiger partial charge in [0.15, 0.2) is 11.5 Å². The molecule has 4 aromatic heterocycles. The number of amides is 2. The topological polar surface area (TPSA) is 115 Å². The Morgan fingerprint density at radius 3 is 2.47 bits per heavy atom. The molecular weight excluding hydrogens is 451 g/mol. The van der Waals surface area contributed by atoms with Crippen LogP contribution in [0, 0.1) is 0 Å². The second-order valence-corrected chi connectivity index (χ2v) is 7.54. The van der Waals surface area contributed by atoms with Crippen LogP contribution in [-0.2, 0) is 5.41 Å². The summed E-state index contributed by atoms with van der Waals surface area (Å²) in [5.41, 5.74) is -1.88. The third kappa shape index (κ3) is 3.30. The summed E-state index contributed by atoms with van der Waals surface area (Å²) >= 11 is 6.18. The highest BCUT2D eigenvalue weighted by molar-refractivity contribution is 6.32. The van der Waals surface area contributed by atoms with Crippen LogP contribution in [-0.4, -0.2) is 46.8 Å². The lowest BCUT2D eigenvalue weighted by atomic mass is 10.00. The van der Waals surface area contributed by atoms with Crippen LogP contribution in [0.5, 0.6) is 0 Å². The van der Waals surface area contributed by atoms with Gasteiger partial charge in [0.2, 0.25) is 0 Å². The molecule has 1 fully saturated rings. The fourth-order valence-electron chi connectivity index (χ4n) is 3.46. The van der Waals surface area contributed by atoms with Gasteiger partial charge in [0.05, 0.1) is 53.1 Å². The van der Waals surface area contributed by atoms with Crippen molar-refractivity contribution in [3.63, 3.8) is 0 Å². The number of nitrogens with zero attached hydrogens (tertiary/aromatic N) is 7. The van der Waals surface area contributed by atoms with Crippen LogP contribution in [0.4, 0.5) is 29.3 Å². The molecule has 0 bridgehead atoms. The zero-order chi connectivity index (χ0) is 22.5. The van der Waals surface area contributed by atoms with Gasteiger partial charge in [-0.1, -0.05) is 11.6 Å². The number of carbonyl (C=O) groups is 1. The van der Waals surface area contributed by atoms with Gasteiger partial charge in [0, 0.05) is 6.07 Å². The molecule has 1 aliphatic rings. The van der Waals surface area contributed by atoms with E-state index in [4.69, 9.17) is 11.6 Å². The highest BCUT2D eigenvalue weighted by Gasteiger charge is 2.66. The van der Waals surface area contributed by atoms with Crippen molar-refractivity contribution < 1.29 is 18.0 Å². The quantitative estimate of drug-likeness (QED) is 0.478. The summed E-state index contributed by atoms with van der Waals surface area (Å²) in [7, 11) is 0. The van der Waals surface area contributed by atoms with Crippen molar-refractivity contribution in [1.29, 1.82) is 0 Å². The highest BCUT2D eigenvalue weighted by atomic mass is 35.5. The van der Waals surface area contributed by atoms with E-state index >= 15 is 0 Å². The second-order valence-electron chi connectivity index (χ2n) is 7.13. The Hall–Kier alpha value is -3.74. The molecule has 32 heavy (non-hydrogen) atoms. The number of urea groups is 1. The summed E-state index contributed by atoms with van der Waals surface area (Å²) in [6.45, 7) is 0. The summed E-state index contributed by atoms with van der Waals surface area (Å²) in [6.07, 6.45) is 2.05. The van der Waals surface area contributed by atoms with Crippen LogP contribution in [0.15, 0.2) is 43.1 Å². The van der Waals surface area contributed by atoms with Crippen LogP contribution < -0.4 is 10.6 Å². The first-order chi connectivity index (χ1) is 15.3. The van der Waals surface area contributed by atoms with Crippen LogP contribution in [0.25, 0.3) is 11.5 Å². The first-order valence-corrected chi connectivity index (χ1v) is 9.66. The van der Waals surface area contributed by atoms with E-state index in [9.17, 15) is 18.0 Å². The molecule has 0 radical (unpaired) electrons. The van der Waals surface area contributed by atoms with Crippen molar-refractivity contribution >= 4 is 34.7 Å². The predicted molar refractivity (Wildman–Crippen MR) is 107 cm³/mol. The number of hydrogen-bond donors (Lipinski definition) is 2. The molecule has 164 valence electrons. The molecular formula is C18H13ClF3N9O. The number of aromatic nitrogens is 7. The number of pyridine rings is 1. The molecule has 14 heteroatoms. The van der Waals surface area contributed by atoms with Gasteiger partial charge in [-0.25, -0.2) is 19.3 Å². The van der Waals surface area contributed by atoms with Gasteiger partial charge in [-0.3, -0.25) is 0 Å². The third-order valence-electron chi connectivity index (χ3n) is 5.10. The SMILES string of the molecule is O=C(Nc1cnc(-n2nccn2)c(Cl)c1)Nc1cnc2ccnn2c1C1(C(F)(F)F)CC1. The van der Waals surface area contributed by atoms with Gasteiger partial charge in [-0.2, -0.15) is 28.5 Å². The average Bonchev–Trinajstić information content (AvgIpc) is 3.14. The lowest BCUT2D eigenvalue weighted by Gasteiger charge is -2.23. The Morgan fingerprint density at radius 1 is 1.06 bits per heavy atom. The van der Waals surface area contributed by atoms with Crippen molar-refractivity contribution in [2.75, 3.05) is 10.6 Å². The van der Waals surface area contributed by atoms with E-state index in [1.807, 2.05) is 0 Å². The van der Waals surface area contributed by atoms with Crippen molar-refractivity contribution in [1.82, 2.24) is 34.6 Å². The van der Waals surface area contributed by atoms with E-state index in [0.717, 1.165) is 4.52 Å². The molecule has 5 rings (SSSR count). The van der Waals surface area contributed by atoms with Crippen LogP contribution >= 0.6 is 11.6 Å². The van der Waals surface area contributed by atoms with Crippen LogP contribution in [0.1, 0.15) is 18.5 Å².